The molecule has 12 aromatic carbocycles. The monoisotopic (exact) mass is 1010 g/mol. The smallest absolute Gasteiger partial charge is 0.0465 e. The number of hydrogen-bond donors (Lipinski definition) is 0. The van der Waals surface area contributed by atoms with Crippen molar-refractivity contribution in [2.75, 3.05) is 19.6 Å². The molecule has 0 atom stereocenters. The van der Waals surface area contributed by atoms with Gasteiger partial charge in [0, 0.05) is 73.7 Å². The summed E-state index contributed by atoms with van der Waals surface area (Å²) in [5.74, 6) is 0. The Hall–Kier alpha value is -10.2. The van der Waals surface area contributed by atoms with Crippen molar-refractivity contribution in [2.24, 2.45) is 0 Å². The van der Waals surface area contributed by atoms with E-state index in [1.807, 2.05) is 0 Å². The predicted octanol–water partition coefficient (Wildman–Crippen LogP) is 21.2. The SMILES string of the molecule is CC1(C)c2ccccc2-c2ccc(N(c3ccccc3)c3ccc(-c4ccc(N(c5ccccc5)c5ccc(-c6ccc(N(c7ccccc7)c7ccc(N(c8ccccc8)c8ccccc8)cc7)cc6)cc5)cc4)cc3)cc21. The first-order valence-electron chi connectivity index (χ1n) is 27.2. The fourth-order valence-electron chi connectivity index (χ4n) is 11.5. The molecule has 378 valence electrons. The lowest BCUT2D eigenvalue weighted by Crippen LogP contribution is -2.16. The quantitative estimate of drug-likeness (QED) is 0.108. The summed E-state index contributed by atoms with van der Waals surface area (Å²) in [6.07, 6.45) is 0. The van der Waals surface area contributed by atoms with Gasteiger partial charge >= 0.3 is 0 Å². The average molecular weight is 1020 g/mol. The molecule has 0 amide bonds. The molecule has 0 saturated carbocycles. The van der Waals surface area contributed by atoms with Crippen molar-refractivity contribution in [1.82, 2.24) is 0 Å². The first-order chi connectivity index (χ1) is 38.9. The molecule has 0 fully saturated rings. The van der Waals surface area contributed by atoms with Gasteiger partial charge < -0.3 is 19.6 Å². The molecule has 12 aromatic rings. The molecule has 0 N–H and O–H groups in total. The maximum atomic E-state index is 2.40. The zero-order chi connectivity index (χ0) is 53.1. The van der Waals surface area contributed by atoms with Gasteiger partial charge in [0.1, 0.15) is 0 Å². The van der Waals surface area contributed by atoms with E-state index >= 15 is 0 Å². The van der Waals surface area contributed by atoms with E-state index in [1.54, 1.807) is 0 Å². The fourth-order valence-corrected chi connectivity index (χ4v) is 11.5. The Morgan fingerprint density at radius 3 is 0.709 bits per heavy atom. The zero-order valence-electron chi connectivity index (χ0n) is 44.3. The molecule has 0 aliphatic heterocycles. The van der Waals surface area contributed by atoms with E-state index in [1.165, 1.54) is 22.3 Å². The number of nitrogens with zero attached hydrogens (tertiary/aromatic N) is 4. The van der Waals surface area contributed by atoms with Gasteiger partial charge in [-0.05, 0) is 190 Å². The van der Waals surface area contributed by atoms with Gasteiger partial charge in [0.25, 0.3) is 0 Å². The van der Waals surface area contributed by atoms with Crippen LogP contribution in [0.2, 0.25) is 0 Å². The molecule has 13 rings (SSSR count). The minimum atomic E-state index is -0.0903. The topological polar surface area (TPSA) is 13.0 Å². The second-order valence-electron chi connectivity index (χ2n) is 20.6. The second-order valence-corrected chi connectivity index (χ2v) is 20.6. The van der Waals surface area contributed by atoms with Crippen LogP contribution in [-0.2, 0) is 5.41 Å². The Bertz CT molecular complexity index is 3940. The summed E-state index contributed by atoms with van der Waals surface area (Å²) in [5.41, 5.74) is 23.1. The van der Waals surface area contributed by atoms with Gasteiger partial charge in [-0.2, -0.15) is 0 Å². The van der Waals surface area contributed by atoms with Gasteiger partial charge in [-0.25, -0.2) is 0 Å². The summed E-state index contributed by atoms with van der Waals surface area (Å²) in [4.78, 5) is 9.31. The van der Waals surface area contributed by atoms with Crippen molar-refractivity contribution in [2.45, 2.75) is 19.3 Å². The molecule has 0 bridgehead atoms. The van der Waals surface area contributed by atoms with Crippen LogP contribution < -0.4 is 19.6 Å². The average Bonchev–Trinajstić information content (AvgIpc) is 4.04. The van der Waals surface area contributed by atoms with Crippen LogP contribution in [0.1, 0.15) is 25.0 Å². The summed E-state index contributed by atoms with van der Waals surface area (Å²) < 4.78 is 0. The Balaban J connectivity index is 0.754. The first-order valence-corrected chi connectivity index (χ1v) is 27.2. The third kappa shape index (κ3) is 9.51. The highest BCUT2D eigenvalue weighted by molar-refractivity contribution is 5.87. The van der Waals surface area contributed by atoms with E-state index in [0.717, 1.165) is 90.5 Å². The molecule has 79 heavy (non-hydrogen) atoms. The van der Waals surface area contributed by atoms with Crippen molar-refractivity contribution in [3.05, 3.63) is 327 Å². The lowest BCUT2D eigenvalue weighted by molar-refractivity contribution is 0.660. The van der Waals surface area contributed by atoms with Gasteiger partial charge in [-0.1, -0.05) is 184 Å². The molecule has 0 unspecified atom stereocenters. The van der Waals surface area contributed by atoms with E-state index in [9.17, 15) is 0 Å². The van der Waals surface area contributed by atoms with E-state index in [0.29, 0.717) is 0 Å². The highest BCUT2D eigenvalue weighted by atomic mass is 15.2. The summed E-state index contributed by atoms with van der Waals surface area (Å²) in [6, 6.07) is 113. The number of fused-ring (bicyclic) bond motifs is 3. The van der Waals surface area contributed by atoms with Crippen LogP contribution in [0.15, 0.2) is 315 Å². The number of para-hydroxylation sites is 5. The van der Waals surface area contributed by atoms with Crippen LogP contribution >= 0.6 is 0 Å². The standard InChI is InChI=1S/C75H58N4/c1-75(2)73-31-19-18-30-71(73)72-53-52-70(54-74(72)75)79(63-28-16-7-17-29-63)67-46-38-58(39-47-67)57-34-42-65(43-35-57)77(61-24-12-5-13-25-61)64-40-32-55(33-41-64)56-36-44-66(45-37-56)78(62-26-14-6-15-27-62)69-50-48-68(49-51-69)76(59-20-8-3-9-21-59)60-22-10-4-11-23-60/h3-54H,1-2H3. The third-order valence-corrected chi connectivity index (χ3v) is 15.4. The van der Waals surface area contributed by atoms with E-state index in [4.69, 9.17) is 0 Å². The summed E-state index contributed by atoms with van der Waals surface area (Å²) in [7, 11) is 0. The number of rotatable bonds is 14. The highest BCUT2D eigenvalue weighted by Crippen LogP contribution is 2.51. The Morgan fingerprint density at radius 1 is 0.190 bits per heavy atom. The molecule has 4 nitrogen and oxygen atoms in total. The van der Waals surface area contributed by atoms with Crippen molar-refractivity contribution in [3.8, 4) is 33.4 Å². The van der Waals surface area contributed by atoms with Gasteiger partial charge in [0.2, 0.25) is 0 Å². The Labute approximate surface area is 464 Å². The molecule has 1 aliphatic carbocycles. The second kappa shape index (κ2) is 21.1. The Kier molecular flexibility index (Phi) is 13.0. The van der Waals surface area contributed by atoms with Crippen LogP contribution in [0.25, 0.3) is 33.4 Å². The molecule has 4 heteroatoms. The largest absolute Gasteiger partial charge is 0.311 e. The van der Waals surface area contributed by atoms with Crippen LogP contribution in [0, 0.1) is 0 Å². The number of benzene rings is 12. The van der Waals surface area contributed by atoms with Crippen LogP contribution in [0.4, 0.5) is 68.2 Å². The molecule has 0 aromatic heterocycles. The van der Waals surface area contributed by atoms with Crippen LogP contribution in [0.5, 0.6) is 0 Å². The lowest BCUT2D eigenvalue weighted by atomic mass is 9.82. The van der Waals surface area contributed by atoms with Crippen molar-refractivity contribution in [3.63, 3.8) is 0 Å². The molecular formula is C75H58N4. The summed E-state index contributed by atoms with van der Waals surface area (Å²) in [5, 5.41) is 0. The number of anilines is 12. The zero-order valence-corrected chi connectivity index (χ0v) is 44.3. The van der Waals surface area contributed by atoms with E-state index < -0.39 is 0 Å². The van der Waals surface area contributed by atoms with Gasteiger partial charge in [0.05, 0.1) is 0 Å². The fraction of sp³-hybridized carbons (Fsp3) is 0.0400. The minimum Gasteiger partial charge on any atom is -0.311 e. The summed E-state index contributed by atoms with van der Waals surface area (Å²) >= 11 is 0. The third-order valence-electron chi connectivity index (χ3n) is 15.4. The van der Waals surface area contributed by atoms with Crippen molar-refractivity contribution < 1.29 is 0 Å². The Morgan fingerprint density at radius 2 is 0.405 bits per heavy atom. The molecule has 1 aliphatic rings. The molecule has 0 saturated heterocycles. The normalized spacial score (nSPS) is 12.0. The lowest BCUT2D eigenvalue weighted by Gasteiger charge is -2.28. The van der Waals surface area contributed by atoms with Crippen LogP contribution in [-0.4, -0.2) is 0 Å². The van der Waals surface area contributed by atoms with Crippen molar-refractivity contribution >= 4 is 68.2 Å². The molecule has 0 spiro atoms. The maximum absolute atomic E-state index is 2.40. The van der Waals surface area contributed by atoms with Crippen molar-refractivity contribution in [1.29, 1.82) is 0 Å². The van der Waals surface area contributed by atoms with Gasteiger partial charge in [0.15, 0.2) is 0 Å². The predicted molar refractivity (Wildman–Crippen MR) is 334 cm³/mol. The minimum absolute atomic E-state index is 0.0903. The molecular weight excluding hydrogens is 957 g/mol. The first kappa shape index (κ1) is 48.5. The molecule has 0 heterocycles. The van der Waals surface area contributed by atoms with E-state index in [2.05, 4.69) is 349 Å². The molecule has 0 radical (unpaired) electrons. The van der Waals surface area contributed by atoms with Gasteiger partial charge in [-0.15, -0.1) is 0 Å². The maximum Gasteiger partial charge on any atom is 0.0465 e. The summed E-state index contributed by atoms with van der Waals surface area (Å²) in [6.45, 7) is 4.69. The van der Waals surface area contributed by atoms with Gasteiger partial charge in [-0.3, -0.25) is 0 Å². The van der Waals surface area contributed by atoms with Crippen LogP contribution in [0.3, 0.4) is 0 Å². The highest BCUT2D eigenvalue weighted by Gasteiger charge is 2.35. The van der Waals surface area contributed by atoms with E-state index in [-0.39, 0.29) is 5.41 Å². The number of hydrogen-bond acceptors (Lipinski definition) is 4.